The van der Waals surface area contributed by atoms with E-state index in [4.69, 9.17) is 4.74 Å². The standard InChI is InChI=1S/C16H36N2O/c1-7-16(8-2)18(11-12-19-6)15(5)13-17-10-9-14(3)4/h14-17H,7-13H2,1-6H3. The fourth-order valence-electron chi connectivity index (χ4n) is 2.54. The molecule has 0 amide bonds. The third kappa shape index (κ3) is 8.61. The first kappa shape index (κ1) is 18.9. The van der Waals surface area contributed by atoms with Crippen LogP contribution in [0.15, 0.2) is 0 Å². The summed E-state index contributed by atoms with van der Waals surface area (Å²) in [5.41, 5.74) is 0. The second-order valence-corrected chi connectivity index (χ2v) is 5.94. The van der Waals surface area contributed by atoms with Crippen molar-refractivity contribution in [3.05, 3.63) is 0 Å². The lowest BCUT2D eigenvalue weighted by Crippen LogP contribution is -2.47. The van der Waals surface area contributed by atoms with Gasteiger partial charge in [0.2, 0.25) is 0 Å². The minimum absolute atomic E-state index is 0.576. The molecule has 0 fully saturated rings. The molecule has 3 heteroatoms. The van der Waals surface area contributed by atoms with Crippen molar-refractivity contribution in [2.45, 2.75) is 66.0 Å². The molecule has 0 aliphatic heterocycles. The molecule has 0 spiro atoms. The lowest BCUT2D eigenvalue weighted by Gasteiger charge is -2.35. The van der Waals surface area contributed by atoms with Crippen LogP contribution in [0.1, 0.15) is 53.9 Å². The van der Waals surface area contributed by atoms with Crippen LogP contribution in [0, 0.1) is 5.92 Å². The molecule has 19 heavy (non-hydrogen) atoms. The second-order valence-electron chi connectivity index (χ2n) is 5.94. The molecular formula is C16H36N2O. The molecule has 116 valence electrons. The van der Waals surface area contributed by atoms with Gasteiger partial charge < -0.3 is 10.1 Å². The SMILES string of the molecule is CCC(CC)N(CCOC)C(C)CNCCC(C)C. The van der Waals surface area contributed by atoms with Crippen molar-refractivity contribution < 1.29 is 4.74 Å². The quantitative estimate of drug-likeness (QED) is 0.552. The van der Waals surface area contributed by atoms with Gasteiger partial charge in [0.25, 0.3) is 0 Å². The van der Waals surface area contributed by atoms with Crippen molar-refractivity contribution in [2.24, 2.45) is 5.92 Å². The Kier molecular flexibility index (Phi) is 11.6. The van der Waals surface area contributed by atoms with E-state index >= 15 is 0 Å². The van der Waals surface area contributed by atoms with Gasteiger partial charge in [-0.25, -0.2) is 0 Å². The van der Waals surface area contributed by atoms with E-state index in [1.807, 2.05) is 0 Å². The number of nitrogens with zero attached hydrogens (tertiary/aromatic N) is 1. The van der Waals surface area contributed by atoms with Crippen LogP contribution in [0.5, 0.6) is 0 Å². The van der Waals surface area contributed by atoms with Gasteiger partial charge in [0, 0.05) is 32.3 Å². The van der Waals surface area contributed by atoms with E-state index in [1.54, 1.807) is 7.11 Å². The highest BCUT2D eigenvalue weighted by Gasteiger charge is 2.20. The molecule has 0 aromatic heterocycles. The van der Waals surface area contributed by atoms with Gasteiger partial charge in [-0.3, -0.25) is 4.90 Å². The van der Waals surface area contributed by atoms with Crippen LogP contribution in [0.3, 0.4) is 0 Å². The largest absolute Gasteiger partial charge is 0.383 e. The van der Waals surface area contributed by atoms with Gasteiger partial charge in [0.05, 0.1) is 6.61 Å². The summed E-state index contributed by atoms with van der Waals surface area (Å²) in [6.07, 6.45) is 3.70. The summed E-state index contributed by atoms with van der Waals surface area (Å²) in [4.78, 5) is 2.60. The molecule has 0 aromatic rings. The fourth-order valence-corrected chi connectivity index (χ4v) is 2.54. The molecule has 0 radical (unpaired) electrons. The smallest absolute Gasteiger partial charge is 0.0589 e. The molecule has 0 aromatic carbocycles. The zero-order valence-corrected chi connectivity index (χ0v) is 14.0. The van der Waals surface area contributed by atoms with Crippen molar-refractivity contribution >= 4 is 0 Å². The highest BCUT2D eigenvalue weighted by molar-refractivity contribution is 4.76. The average Bonchev–Trinajstić information content (AvgIpc) is 2.39. The maximum absolute atomic E-state index is 5.26. The van der Waals surface area contributed by atoms with Gasteiger partial charge in [0.1, 0.15) is 0 Å². The van der Waals surface area contributed by atoms with Gasteiger partial charge in [-0.2, -0.15) is 0 Å². The molecule has 0 aliphatic carbocycles. The van der Waals surface area contributed by atoms with E-state index < -0.39 is 0 Å². The van der Waals surface area contributed by atoms with Gasteiger partial charge in [-0.1, -0.05) is 27.7 Å². The van der Waals surface area contributed by atoms with Crippen molar-refractivity contribution in [1.82, 2.24) is 10.2 Å². The van der Waals surface area contributed by atoms with Crippen molar-refractivity contribution in [2.75, 3.05) is 33.4 Å². The number of rotatable bonds is 12. The number of ether oxygens (including phenoxy) is 1. The van der Waals surface area contributed by atoms with E-state index in [2.05, 4.69) is 44.8 Å². The maximum Gasteiger partial charge on any atom is 0.0589 e. The van der Waals surface area contributed by atoms with Crippen LogP contribution in [0.2, 0.25) is 0 Å². The topological polar surface area (TPSA) is 24.5 Å². The number of hydrogen-bond donors (Lipinski definition) is 1. The molecule has 0 rings (SSSR count). The molecule has 1 unspecified atom stereocenters. The molecule has 1 atom stereocenters. The molecule has 1 N–H and O–H groups in total. The Labute approximate surface area is 121 Å². The summed E-state index contributed by atoms with van der Waals surface area (Å²) in [6.45, 7) is 15.5. The van der Waals surface area contributed by atoms with Gasteiger partial charge in [-0.05, 0) is 38.6 Å². The highest BCUT2D eigenvalue weighted by Crippen LogP contribution is 2.12. The molecule has 0 heterocycles. The lowest BCUT2D eigenvalue weighted by molar-refractivity contribution is 0.0851. The summed E-state index contributed by atoms with van der Waals surface area (Å²) in [6, 6.07) is 1.25. The Hall–Kier alpha value is -0.120. The van der Waals surface area contributed by atoms with Crippen LogP contribution in [0.25, 0.3) is 0 Å². The molecule has 0 aliphatic rings. The zero-order valence-electron chi connectivity index (χ0n) is 14.0. The molecule has 0 bridgehead atoms. The highest BCUT2D eigenvalue weighted by atomic mass is 16.5. The maximum atomic E-state index is 5.26. The third-order valence-electron chi connectivity index (χ3n) is 3.87. The molecular weight excluding hydrogens is 236 g/mol. The molecule has 3 nitrogen and oxygen atoms in total. The minimum atomic E-state index is 0.576. The van der Waals surface area contributed by atoms with Gasteiger partial charge in [0.15, 0.2) is 0 Å². The zero-order chi connectivity index (χ0) is 14.7. The third-order valence-corrected chi connectivity index (χ3v) is 3.87. The van der Waals surface area contributed by atoms with Crippen molar-refractivity contribution in [1.29, 1.82) is 0 Å². The molecule has 0 saturated carbocycles. The Balaban J connectivity index is 4.16. The van der Waals surface area contributed by atoms with Crippen molar-refractivity contribution in [3.8, 4) is 0 Å². The van der Waals surface area contributed by atoms with E-state index in [0.717, 1.165) is 32.2 Å². The summed E-state index contributed by atoms with van der Waals surface area (Å²) in [5.74, 6) is 0.784. The van der Waals surface area contributed by atoms with Gasteiger partial charge in [-0.15, -0.1) is 0 Å². The Morgan fingerprint density at radius 1 is 1.11 bits per heavy atom. The first-order valence-electron chi connectivity index (χ1n) is 8.02. The number of nitrogens with one attached hydrogen (secondary N) is 1. The summed E-state index contributed by atoms with van der Waals surface area (Å²) in [7, 11) is 1.79. The minimum Gasteiger partial charge on any atom is -0.383 e. The van der Waals surface area contributed by atoms with Crippen LogP contribution in [-0.4, -0.2) is 50.3 Å². The lowest BCUT2D eigenvalue weighted by atomic mass is 10.1. The predicted octanol–water partition coefficient (Wildman–Crippen LogP) is 3.15. The number of hydrogen-bond acceptors (Lipinski definition) is 3. The normalized spacial score (nSPS) is 13.7. The van der Waals surface area contributed by atoms with E-state index in [9.17, 15) is 0 Å². The van der Waals surface area contributed by atoms with Crippen LogP contribution in [0.4, 0.5) is 0 Å². The van der Waals surface area contributed by atoms with Gasteiger partial charge >= 0.3 is 0 Å². The molecule has 0 saturated heterocycles. The van der Waals surface area contributed by atoms with Crippen molar-refractivity contribution in [3.63, 3.8) is 0 Å². The Bertz CT molecular complexity index is 193. The predicted molar refractivity (Wildman–Crippen MR) is 84.7 cm³/mol. The Morgan fingerprint density at radius 2 is 1.74 bits per heavy atom. The van der Waals surface area contributed by atoms with Crippen LogP contribution < -0.4 is 5.32 Å². The van der Waals surface area contributed by atoms with E-state index in [-0.39, 0.29) is 0 Å². The van der Waals surface area contributed by atoms with E-state index in [0.29, 0.717) is 12.1 Å². The summed E-state index contributed by atoms with van der Waals surface area (Å²) >= 11 is 0. The Morgan fingerprint density at radius 3 is 2.21 bits per heavy atom. The van der Waals surface area contributed by atoms with E-state index in [1.165, 1.54) is 19.3 Å². The number of methoxy groups -OCH3 is 1. The summed E-state index contributed by atoms with van der Waals surface area (Å²) in [5, 5.41) is 3.59. The first-order valence-corrected chi connectivity index (χ1v) is 8.02. The second kappa shape index (κ2) is 11.7. The summed E-state index contributed by atoms with van der Waals surface area (Å²) < 4.78 is 5.26. The average molecular weight is 272 g/mol. The van der Waals surface area contributed by atoms with Crippen LogP contribution >= 0.6 is 0 Å². The monoisotopic (exact) mass is 272 g/mol. The first-order chi connectivity index (χ1) is 9.06. The van der Waals surface area contributed by atoms with Crippen LogP contribution in [-0.2, 0) is 4.74 Å². The fraction of sp³-hybridized carbons (Fsp3) is 1.00.